The highest BCUT2D eigenvalue weighted by Crippen LogP contribution is 2.15. The molecule has 0 aliphatic heterocycles. The first-order chi connectivity index (χ1) is 9.79. The van der Waals surface area contributed by atoms with Gasteiger partial charge in [0.05, 0.1) is 12.7 Å². The first-order valence-electron chi connectivity index (χ1n) is 7.95. The Labute approximate surface area is 123 Å². The summed E-state index contributed by atoms with van der Waals surface area (Å²) >= 11 is 0. The Morgan fingerprint density at radius 3 is 2.20 bits per heavy atom. The van der Waals surface area contributed by atoms with Crippen LogP contribution < -0.4 is 0 Å². The lowest BCUT2D eigenvalue weighted by molar-refractivity contribution is 0.0599. The van der Waals surface area contributed by atoms with Gasteiger partial charge in [-0.3, -0.25) is 0 Å². The van der Waals surface area contributed by atoms with Crippen LogP contribution in [-0.4, -0.2) is 13.1 Å². The molecule has 112 valence electrons. The molecule has 0 saturated carbocycles. The number of aryl methyl sites for hydroxylation is 1. The van der Waals surface area contributed by atoms with E-state index in [-0.39, 0.29) is 5.97 Å². The summed E-state index contributed by atoms with van der Waals surface area (Å²) in [5.41, 5.74) is 1.84. The van der Waals surface area contributed by atoms with Crippen LogP contribution in [0.4, 0.5) is 0 Å². The maximum Gasteiger partial charge on any atom is 0.338 e. The number of rotatable bonds is 10. The van der Waals surface area contributed by atoms with Gasteiger partial charge < -0.3 is 4.74 Å². The summed E-state index contributed by atoms with van der Waals surface area (Å²) in [7, 11) is 1.44. The minimum absolute atomic E-state index is 0.222. The number of ether oxygens (including phenoxy) is 1. The molecule has 0 aromatic heterocycles. The average Bonchev–Trinajstić information content (AvgIpc) is 2.49. The van der Waals surface area contributed by atoms with E-state index in [0.29, 0.717) is 0 Å². The zero-order valence-electron chi connectivity index (χ0n) is 13.0. The smallest absolute Gasteiger partial charge is 0.338 e. The van der Waals surface area contributed by atoms with Gasteiger partial charge in [0.1, 0.15) is 0 Å². The van der Waals surface area contributed by atoms with Crippen LogP contribution in [0.15, 0.2) is 24.3 Å². The monoisotopic (exact) mass is 276 g/mol. The summed E-state index contributed by atoms with van der Waals surface area (Å²) in [6.45, 7) is 2.25. The van der Waals surface area contributed by atoms with Crippen molar-refractivity contribution in [2.45, 2.75) is 64.7 Å². The van der Waals surface area contributed by atoms with Crippen LogP contribution >= 0.6 is 0 Å². The fourth-order valence-electron chi connectivity index (χ4n) is 2.50. The number of carbonyl (C=O) groups is 1. The third-order valence-corrected chi connectivity index (χ3v) is 3.72. The zero-order chi connectivity index (χ0) is 14.6. The largest absolute Gasteiger partial charge is 0.465 e. The van der Waals surface area contributed by atoms with E-state index in [1.807, 2.05) is 24.3 Å². The summed E-state index contributed by atoms with van der Waals surface area (Å²) in [5, 5.41) is 0. The topological polar surface area (TPSA) is 26.3 Å². The second kappa shape index (κ2) is 10.5. The quantitative estimate of drug-likeness (QED) is 0.436. The summed E-state index contributed by atoms with van der Waals surface area (Å²) in [5.74, 6) is -0.222. The van der Waals surface area contributed by atoms with Crippen molar-refractivity contribution in [3.05, 3.63) is 35.4 Å². The van der Waals surface area contributed by atoms with Crippen LogP contribution in [0.3, 0.4) is 0 Å². The molecule has 0 unspecified atom stereocenters. The third-order valence-electron chi connectivity index (χ3n) is 3.72. The Bertz CT molecular complexity index is 385. The van der Waals surface area contributed by atoms with E-state index in [1.54, 1.807) is 0 Å². The summed E-state index contributed by atoms with van der Waals surface area (Å²) in [6, 6.07) is 7.77. The molecule has 20 heavy (non-hydrogen) atoms. The van der Waals surface area contributed by atoms with Crippen molar-refractivity contribution in [2.24, 2.45) is 0 Å². The van der Waals surface area contributed by atoms with Crippen LogP contribution in [-0.2, 0) is 11.2 Å². The normalized spacial score (nSPS) is 10.5. The summed E-state index contributed by atoms with van der Waals surface area (Å²) in [6.07, 6.45) is 11.5. The summed E-state index contributed by atoms with van der Waals surface area (Å²) < 4.78 is 4.82. The SMILES string of the molecule is CCCCCCCCCCc1ccccc1C(=O)OC. The van der Waals surface area contributed by atoms with E-state index in [2.05, 4.69) is 6.92 Å². The van der Waals surface area contributed by atoms with Gasteiger partial charge in [0.25, 0.3) is 0 Å². The lowest BCUT2D eigenvalue weighted by atomic mass is 10.0. The lowest BCUT2D eigenvalue weighted by Gasteiger charge is -2.07. The molecule has 0 aliphatic rings. The minimum atomic E-state index is -0.222. The van der Waals surface area contributed by atoms with E-state index < -0.39 is 0 Å². The summed E-state index contributed by atoms with van der Waals surface area (Å²) in [4.78, 5) is 11.6. The van der Waals surface area contributed by atoms with Gasteiger partial charge in [0, 0.05) is 0 Å². The van der Waals surface area contributed by atoms with E-state index >= 15 is 0 Å². The molecule has 1 aromatic rings. The van der Waals surface area contributed by atoms with E-state index in [1.165, 1.54) is 52.1 Å². The number of unbranched alkanes of at least 4 members (excludes halogenated alkanes) is 7. The van der Waals surface area contributed by atoms with Crippen LogP contribution in [0.5, 0.6) is 0 Å². The molecule has 0 radical (unpaired) electrons. The first-order valence-corrected chi connectivity index (χ1v) is 7.95. The second-order valence-corrected chi connectivity index (χ2v) is 5.37. The molecule has 0 atom stereocenters. The highest BCUT2D eigenvalue weighted by molar-refractivity contribution is 5.90. The Morgan fingerprint density at radius 1 is 0.950 bits per heavy atom. The van der Waals surface area contributed by atoms with Crippen molar-refractivity contribution in [2.75, 3.05) is 7.11 Å². The third kappa shape index (κ3) is 6.23. The molecule has 0 amide bonds. The molecule has 0 aliphatic carbocycles. The molecule has 1 aromatic carbocycles. The van der Waals surface area contributed by atoms with Gasteiger partial charge in [0.15, 0.2) is 0 Å². The van der Waals surface area contributed by atoms with E-state index in [0.717, 1.165) is 24.0 Å². The Kier molecular flexibility index (Phi) is 8.77. The van der Waals surface area contributed by atoms with Crippen molar-refractivity contribution in [3.8, 4) is 0 Å². The fraction of sp³-hybridized carbons (Fsp3) is 0.611. The van der Waals surface area contributed by atoms with Crippen molar-refractivity contribution in [3.63, 3.8) is 0 Å². The predicted octanol–water partition coefficient (Wildman–Crippen LogP) is 5.16. The lowest BCUT2D eigenvalue weighted by Crippen LogP contribution is -2.05. The number of carbonyl (C=O) groups excluding carboxylic acids is 1. The average molecular weight is 276 g/mol. The van der Waals surface area contributed by atoms with Gasteiger partial charge >= 0.3 is 5.97 Å². The number of methoxy groups -OCH3 is 1. The van der Waals surface area contributed by atoms with Crippen molar-refractivity contribution in [1.82, 2.24) is 0 Å². The number of hydrogen-bond acceptors (Lipinski definition) is 2. The maximum absolute atomic E-state index is 11.6. The van der Waals surface area contributed by atoms with E-state index in [9.17, 15) is 4.79 Å². The Balaban J connectivity index is 2.23. The van der Waals surface area contributed by atoms with Gasteiger partial charge in [-0.1, -0.05) is 70.1 Å². The molecule has 0 fully saturated rings. The predicted molar refractivity (Wildman–Crippen MR) is 84.1 cm³/mol. The van der Waals surface area contributed by atoms with Gasteiger partial charge in [-0.25, -0.2) is 4.79 Å². The standard InChI is InChI=1S/C18H28O2/c1-3-4-5-6-7-8-9-10-13-16-14-11-12-15-17(16)18(19)20-2/h11-12,14-15H,3-10,13H2,1-2H3. The molecule has 0 saturated heterocycles. The van der Waals surface area contributed by atoms with Gasteiger partial charge in [0.2, 0.25) is 0 Å². The van der Waals surface area contributed by atoms with Gasteiger partial charge in [-0.15, -0.1) is 0 Å². The zero-order valence-corrected chi connectivity index (χ0v) is 13.0. The fourth-order valence-corrected chi connectivity index (χ4v) is 2.50. The van der Waals surface area contributed by atoms with Crippen LogP contribution in [0.2, 0.25) is 0 Å². The van der Waals surface area contributed by atoms with Crippen LogP contribution in [0, 0.1) is 0 Å². The molecule has 2 heteroatoms. The number of hydrogen-bond donors (Lipinski definition) is 0. The molecular weight excluding hydrogens is 248 g/mol. The second-order valence-electron chi connectivity index (χ2n) is 5.37. The Morgan fingerprint density at radius 2 is 1.55 bits per heavy atom. The highest BCUT2D eigenvalue weighted by Gasteiger charge is 2.09. The molecular formula is C18H28O2. The molecule has 0 N–H and O–H groups in total. The van der Waals surface area contributed by atoms with Crippen molar-refractivity contribution in [1.29, 1.82) is 0 Å². The van der Waals surface area contributed by atoms with E-state index in [4.69, 9.17) is 4.74 Å². The van der Waals surface area contributed by atoms with Crippen LogP contribution in [0.1, 0.15) is 74.2 Å². The maximum atomic E-state index is 11.6. The first kappa shape index (κ1) is 16.7. The molecule has 0 spiro atoms. The molecule has 0 bridgehead atoms. The minimum Gasteiger partial charge on any atom is -0.465 e. The van der Waals surface area contributed by atoms with Crippen molar-refractivity contribution >= 4 is 5.97 Å². The number of esters is 1. The molecule has 0 heterocycles. The molecule has 2 nitrogen and oxygen atoms in total. The van der Waals surface area contributed by atoms with Crippen LogP contribution in [0.25, 0.3) is 0 Å². The molecule has 1 rings (SSSR count). The highest BCUT2D eigenvalue weighted by atomic mass is 16.5. The van der Waals surface area contributed by atoms with Gasteiger partial charge in [-0.05, 0) is 24.5 Å². The Hall–Kier alpha value is -1.31. The van der Waals surface area contributed by atoms with Crippen molar-refractivity contribution < 1.29 is 9.53 Å². The van der Waals surface area contributed by atoms with Gasteiger partial charge in [-0.2, -0.15) is 0 Å². The number of benzene rings is 1.